The number of allylic oxidation sites excluding steroid dienone is 1. The van der Waals surface area contributed by atoms with Crippen LogP contribution in [0.2, 0.25) is 0 Å². The van der Waals surface area contributed by atoms with Gasteiger partial charge in [0.15, 0.2) is 0 Å². The molecule has 2 unspecified atom stereocenters. The largest absolute Gasteiger partial charge is 0.310 e. The Morgan fingerprint density at radius 3 is 2.06 bits per heavy atom. The smallest absolute Gasteiger partial charge is 0.123 e. The number of benzene rings is 5. The summed E-state index contributed by atoms with van der Waals surface area (Å²) < 4.78 is 13.6. The van der Waals surface area contributed by atoms with Crippen molar-refractivity contribution in [3.63, 3.8) is 0 Å². The van der Waals surface area contributed by atoms with Crippen LogP contribution in [0.4, 0.5) is 4.39 Å². The molecular formula is C33H30FN. The molecule has 2 atom stereocenters. The van der Waals surface area contributed by atoms with Gasteiger partial charge in [0.1, 0.15) is 5.82 Å². The molecule has 0 heterocycles. The molecule has 0 fully saturated rings. The molecule has 0 saturated heterocycles. The van der Waals surface area contributed by atoms with E-state index in [0.717, 1.165) is 18.5 Å². The summed E-state index contributed by atoms with van der Waals surface area (Å²) in [6.07, 6.45) is 5.30. The van der Waals surface area contributed by atoms with Gasteiger partial charge in [-0.15, -0.1) is 0 Å². The minimum atomic E-state index is -0.198. The Balaban J connectivity index is 1.31. The molecular weight excluding hydrogens is 429 g/mol. The third-order valence-corrected chi connectivity index (χ3v) is 6.82. The Hall–Kier alpha value is -3.75. The lowest BCUT2D eigenvalue weighted by Crippen LogP contribution is -2.31. The quantitative estimate of drug-likeness (QED) is 0.245. The van der Waals surface area contributed by atoms with E-state index in [1.54, 1.807) is 12.1 Å². The van der Waals surface area contributed by atoms with Crippen LogP contribution in [0.1, 0.15) is 36.0 Å². The molecule has 0 radical (unpaired) electrons. The number of halogens is 1. The molecule has 0 amide bonds. The minimum absolute atomic E-state index is 0.198. The van der Waals surface area contributed by atoms with E-state index >= 15 is 0 Å². The molecule has 1 nitrogen and oxygen atoms in total. The molecule has 174 valence electrons. The summed E-state index contributed by atoms with van der Waals surface area (Å²) in [6.45, 7) is 3.01. The highest BCUT2D eigenvalue weighted by Crippen LogP contribution is 2.26. The van der Waals surface area contributed by atoms with Gasteiger partial charge in [0.2, 0.25) is 0 Å². The Morgan fingerprint density at radius 2 is 1.34 bits per heavy atom. The number of fused-ring (bicyclic) bond motifs is 2. The van der Waals surface area contributed by atoms with Crippen LogP contribution in [-0.4, -0.2) is 6.04 Å². The fraction of sp³-hybridized carbons (Fsp3) is 0.152. The fourth-order valence-electron chi connectivity index (χ4n) is 4.77. The van der Waals surface area contributed by atoms with E-state index in [9.17, 15) is 4.39 Å². The summed E-state index contributed by atoms with van der Waals surface area (Å²) in [5, 5.41) is 8.73. The Kier molecular flexibility index (Phi) is 7.02. The Morgan fingerprint density at radius 1 is 0.714 bits per heavy atom. The van der Waals surface area contributed by atoms with Crippen LogP contribution >= 0.6 is 0 Å². The second-order valence-electron chi connectivity index (χ2n) is 9.25. The van der Waals surface area contributed by atoms with Crippen molar-refractivity contribution in [1.82, 2.24) is 5.32 Å². The van der Waals surface area contributed by atoms with Gasteiger partial charge in [0, 0.05) is 18.5 Å². The van der Waals surface area contributed by atoms with Crippen LogP contribution in [0.5, 0.6) is 0 Å². The van der Waals surface area contributed by atoms with E-state index in [0.29, 0.717) is 0 Å². The van der Waals surface area contributed by atoms with Crippen molar-refractivity contribution < 1.29 is 4.39 Å². The highest BCUT2D eigenvalue weighted by atomic mass is 19.1. The standard InChI is InChI=1S/C33H30FN/c1-24(35-23-26-14-16-28-9-3-5-11-31(28)22-26)33(29-17-19-32(34)20-18-29)12-6-7-25-13-15-27-8-2-4-10-30(27)21-25/h2-11,13-22,24,33,35H,12,23H2,1H3/b7-6+. The average Bonchev–Trinajstić information content (AvgIpc) is 2.90. The van der Waals surface area contributed by atoms with E-state index in [4.69, 9.17) is 0 Å². The van der Waals surface area contributed by atoms with Gasteiger partial charge in [0.05, 0.1) is 0 Å². The zero-order valence-electron chi connectivity index (χ0n) is 20.0. The number of nitrogens with one attached hydrogen (secondary N) is 1. The van der Waals surface area contributed by atoms with Crippen molar-refractivity contribution >= 4 is 27.6 Å². The van der Waals surface area contributed by atoms with E-state index in [-0.39, 0.29) is 17.8 Å². The molecule has 1 N–H and O–H groups in total. The molecule has 5 rings (SSSR count). The predicted molar refractivity (Wildman–Crippen MR) is 147 cm³/mol. The lowest BCUT2D eigenvalue weighted by atomic mass is 9.88. The van der Waals surface area contributed by atoms with E-state index in [1.807, 2.05) is 12.1 Å². The number of hydrogen-bond acceptors (Lipinski definition) is 1. The van der Waals surface area contributed by atoms with Gasteiger partial charge in [-0.05, 0) is 75.8 Å². The summed E-state index contributed by atoms with van der Waals surface area (Å²) in [7, 11) is 0. The van der Waals surface area contributed by atoms with E-state index in [1.165, 1.54) is 32.7 Å². The van der Waals surface area contributed by atoms with Crippen LogP contribution in [0.3, 0.4) is 0 Å². The van der Waals surface area contributed by atoms with Crippen molar-refractivity contribution in [3.8, 4) is 0 Å². The maximum Gasteiger partial charge on any atom is 0.123 e. The second-order valence-corrected chi connectivity index (χ2v) is 9.25. The maximum absolute atomic E-state index is 13.6. The third-order valence-electron chi connectivity index (χ3n) is 6.82. The topological polar surface area (TPSA) is 12.0 Å². The summed E-state index contributed by atoms with van der Waals surface area (Å²) in [4.78, 5) is 0. The predicted octanol–water partition coefficient (Wildman–Crippen LogP) is 8.50. The molecule has 0 aromatic heterocycles. The van der Waals surface area contributed by atoms with Gasteiger partial charge in [-0.3, -0.25) is 0 Å². The van der Waals surface area contributed by atoms with Gasteiger partial charge in [-0.2, -0.15) is 0 Å². The number of hydrogen-bond donors (Lipinski definition) is 1. The summed E-state index contributed by atoms with van der Waals surface area (Å²) in [5.41, 5.74) is 3.60. The van der Waals surface area contributed by atoms with Crippen LogP contribution in [-0.2, 0) is 6.54 Å². The fourth-order valence-corrected chi connectivity index (χ4v) is 4.77. The van der Waals surface area contributed by atoms with Crippen molar-refractivity contribution in [1.29, 1.82) is 0 Å². The van der Waals surface area contributed by atoms with Gasteiger partial charge in [0.25, 0.3) is 0 Å². The lowest BCUT2D eigenvalue weighted by Gasteiger charge is -2.25. The molecule has 5 aromatic carbocycles. The molecule has 0 aliphatic rings. The Bertz CT molecular complexity index is 1450. The highest BCUT2D eigenvalue weighted by molar-refractivity contribution is 5.84. The first-order valence-corrected chi connectivity index (χ1v) is 12.3. The summed E-state index contributed by atoms with van der Waals surface area (Å²) in [5.74, 6) is 0.0312. The molecule has 0 aliphatic heterocycles. The van der Waals surface area contributed by atoms with Crippen LogP contribution in [0, 0.1) is 5.82 Å². The molecule has 35 heavy (non-hydrogen) atoms. The van der Waals surface area contributed by atoms with Crippen molar-refractivity contribution in [2.45, 2.75) is 31.8 Å². The van der Waals surface area contributed by atoms with Gasteiger partial charge >= 0.3 is 0 Å². The molecule has 5 aromatic rings. The molecule has 0 aliphatic carbocycles. The molecule has 2 heteroatoms. The maximum atomic E-state index is 13.6. The zero-order chi connectivity index (χ0) is 24.0. The average molecular weight is 460 g/mol. The molecule has 0 saturated carbocycles. The van der Waals surface area contributed by atoms with Gasteiger partial charge in [-0.25, -0.2) is 4.39 Å². The monoisotopic (exact) mass is 459 g/mol. The minimum Gasteiger partial charge on any atom is -0.310 e. The molecule has 0 spiro atoms. The van der Waals surface area contributed by atoms with Crippen LogP contribution in [0.15, 0.2) is 115 Å². The highest BCUT2D eigenvalue weighted by Gasteiger charge is 2.18. The van der Waals surface area contributed by atoms with Crippen LogP contribution < -0.4 is 5.32 Å². The first-order valence-electron chi connectivity index (χ1n) is 12.3. The Labute approximate surface area is 206 Å². The summed E-state index contributed by atoms with van der Waals surface area (Å²) in [6, 6.07) is 37.2. The van der Waals surface area contributed by atoms with Crippen molar-refractivity contribution in [3.05, 3.63) is 138 Å². The van der Waals surface area contributed by atoms with E-state index in [2.05, 4.69) is 109 Å². The summed E-state index contributed by atoms with van der Waals surface area (Å²) >= 11 is 0. The first-order chi connectivity index (χ1) is 17.2. The number of rotatable bonds is 8. The van der Waals surface area contributed by atoms with Gasteiger partial charge in [-0.1, -0.05) is 97.1 Å². The van der Waals surface area contributed by atoms with E-state index < -0.39 is 0 Å². The van der Waals surface area contributed by atoms with Crippen LogP contribution in [0.25, 0.3) is 27.6 Å². The SMILES string of the molecule is CC(NCc1ccc2ccccc2c1)C(C/C=C/c1ccc2ccccc2c1)c1ccc(F)cc1. The third kappa shape index (κ3) is 5.67. The lowest BCUT2D eigenvalue weighted by molar-refractivity contribution is 0.460. The van der Waals surface area contributed by atoms with Crippen molar-refractivity contribution in [2.24, 2.45) is 0 Å². The van der Waals surface area contributed by atoms with Crippen molar-refractivity contribution in [2.75, 3.05) is 0 Å². The normalized spacial score (nSPS) is 13.4. The second kappa shape index (κ2) is 10.7. The van der Waals surface area contributed by atoms with Gasteiger partial charge < -0.3 is 5.32 Å². The first kappa shape index (κ1) is 23.0. The zero-order valence-corrected chi connectivity index (χ0v) is 20.0. The molecule has 0 bridgehead atoms.